The Labute approximate surface area is 131 Å². The van der Waals surface area contributed by atoms with Crippen LogP contribution in [-0.2, 0) is 12.2 Å². The van der Waals surface area contributed by atoms with Gasteiger partial charge >= 0.3 is 0 Å². The van der Waals surface area contributed by atoms with Gasteiger partial charge in [-0.05, 0) is 30.1 Å². The van der Waals surface area contributed by atoms with Crippen molar-refractivity contribution in [3.63, 3.8) is 0 Å². The zero-order valence-corrected chi connectivity index (χ0v) is 13.5. The molecule has 1 N–H and O–H groups in total. The van der Waals surface area contributed by atoms with E-state index in [0.29, 0.717) is 12.2 Å². The smallest absolute Gasteiger partial charge is 0.292 e. The van der Waals surface area contributed by atoms with Crippen LogP contribution in [0.3, 0.4) is 0 Å². The molecule has 0 saturated carbocycles. The Morgan fingerprint density at radius 1 is 1.43 bits per heavy atom. The van der Waals surface area contributed by atoms with Crippen LogP contribution in [0, 0.1) is 10.1 Å². The Morgan fingerprint density at radius 3 is 2.86 bits per heavy atom. The summed E-state index contributed by atoms with van der Waals surface area (Å²) in [6, 6.07) is 5.16. The molecule has 2 rings (SSSR count). The number of nitro groups is 1. The number of aryl methyl sites for hydroxylation is 1. The number of nitro benzene ring substituents is 1. The highest BCUT2D eigenvalue weighted by atomic mass is 32.2. The second-order valence-electron chi connectivity index (χ2n) is 4.26. The standard InChI is InChI=1S/C13H16N4O2S2/c1-3-12-15-13(21-16-12)20-8-9-5-6-11(17(18)19)10(7-9)14-4-2/h5-7,14H,3-4,8H2,1-2H3. The Bertz CT molecular complexity index is 630. The van der Waals surface area contributed by atoms with Crippen molar-refractivity contribution >= 4 is 34.7 Å². The summed E-state index contributed by atoms with van der Waals surface area (Å²) in [7, 11) is 0. The maximum absolute atomic E-state index is 11.0. The average molecular weight is 324 g/mol. The van der Waals surface area contributed by atoms with Gasteiger partial charge in [-0.2, -0.15) is 4.37 Å². The maximum Gasteiger partial charge on any atom is 0.292 e. The highest BCUT2D eigenvalue weighted by molar-refractivity contribution is 8.00. The molecule has 6 nitrogen and oxygen atoms in total. The van der Waals surface area contributed by atoms with Gasteiger partial charge in [-0.25, -0.2) is 4.98 Å². The molecule has 1 aromatic heterocycles. The van der Waals surface area contributed by atoms with E-state index in [1.54, 1.807) is 23.9 Å². The maximum atomic E-state index is 11.0. The number of hydrogen-bond acceptors (Lipinski definition) is 7. The first-order chi connectivity index (χ1) is 10.1. The summed E-state index contributed by atoms with van der Waals surface area (Å²) in [5.41, 5.74) is 1.69. The van der Waals surface area contributed by atoms with Gasteiger partial charge in [0.1, 0.15) is 11.5 Å². The van der Waals surface area contributed by atoms with E-state index in [0.717, 1.165) is 27.9 Å². The molecule has 2 aromatic rings. The fraction of sp³-hybridized carbons (Fsp3) is 0.385. The van der Waals surface area contributed by atoms with Gasteiger partial charge < -0.3 is 5.32 Å². The van der Waals surface area contributed by atoms with Crippen LogP contribution in [0.15, 0.2) is 22.5 Å². The number of nitrogens with one attached hydrogen (secondary N) is 1. The van der Waals surface area contributed by atoms with Gasteiger partial charge in [0.25, 0.3) is 5.69 Å². The molecule has 0 radical (unpaired) electrons. The van der Waals surface area contributed by atoms with E-state index in [-0.39, 0.29) is 10.6 Å². The molecule has 0 atom stereocenters. The number of aromatic nitrogens is 2. The van der Waals surface area contributed by atoms with Crippen LogP contribution in [0.2, 0.25) is 0 Å². The van der Waals surface area contributed by atoms with Crippen LogP contribution in [0.4, 0.5) is 11.4 Å². The molecule has 1 aromatic carbocycles. The second kappa shape index (κ2) is 7.37. The van der Waals surface area contributed by atoms with Crippen molar-refractivity contribution in [1.29, 1.82) is 0 Å². The molecule has 0 fully saturated rings. The normalized spacial score (nSPS) is 10.6. The third kappa shape index (κ3) is 4.15. The summed E-state index contributed by atoms with van der Waals surface area (Å²) in [5.74, 6) is 1.58. The van der Waals surface area contributed by atoms with Crippen molar-refractivity contribution in [2.24, 2.45) is 0 Å². The van der Waals surface area contributed by atoms with Crippen molar-refractivity contribution in [2.45, 2.75) is 30.4 Å². The van der Waals surface area contributed by atoms with Crippen LogP contribution in [0.1, 0.15) is 25.2 Å². The van der Waals surface area contributed by atoms with E-state index < -0.39 is 0 Å². The highest BCUT2D eigenvalue weighted by Crippen LogP contribution is 2.29. The number of nitrogens with zero attached hydrogens (tertiary/aromatic N) is 3. The first kappa shape index (κ1) is 15.7. The van der Waals surface area contributed by atoms with Crippen molar-refractivity contribution < 1.29 is 4.92 Å². The topological polar surface area (TPSA) is 81.0 Å². The Morgan fingerprint density at radius 2 is 2.24 bits per heavy atom. The predicted molar refractivity (Wildman–Crippen MR) is 86.1 cm³/mol. The van der Waals surface area contributed by atoms with Crippen LogP contribution >= 0.6 is 23.3 Å². The Balaban J connectivity index is 2.09. The summed E-state index contributed by atoms with van der Waals surface area (Å²) >= 11 is 2.99. The summed E-state index contributed by atoms with van der Waals surface area (Å²) in [4.78, 5) is 15.0. The molecule has 0 aliphatic rings. The quantitative estimate of drug-likeness (QED) is 0.475. The predicted octanol–water partition coefficient (Wildman–Crippen LogP) is 3.73. The van der Waals surface area contributed by atoms with Crippen molar-refractivity contribution in [1.82, 2.24) is 9.36 Å². The van der Waals surface area contributed by atoms with E-state index in [9.17, 15) is 10.1 Å². The van der Waals surface area contributed by atoms with Crippen LogP contribution < -0.4 is 5.32 Å². The number of rotatable bonds is 7. The lowest BCUT2D eigenvalue weighted by molar-refractivity contribution is -0.384. The molecule has 21 heavy (non-hydrogen) atoms. The third-order valence-electron chi connectivity index (χ3n) is 2.75. The zero-order valence-electron chi connectivity index (χ0n) is 11.8. The summed E-state index contributed by atoms with van der Waals surface area (Å²) in [6.07, 6.45) is 0.832. The van der Waals surface area contributed by atoms with Gasteiger partial charge in [0.15, 0.2) is 4.34 Å². The lowest BCUT2D eigenvalue weighted by Crippen LogP contribution is -2.01. The SMILES string of the molecule is CCNc1cc(CSc2nc(CC)ns2)ccc1[N+](=O)[O-]. The largest absolute Gasteiger partial charge is 0.380 e. The van der Waals surface area contributed by atoms with Crippen molar-refractivity contribution in [3.8, 4) is 0 Å². The van der Waals surface area contributed by atoms with Crippen molar-refractivity contribution in [2.75, 3.05) is 11.9 Å². The lowest BCUT2D eigenvalue weighted by atomic mass is 10.2. The van der Waals surface area contributed by atoms with Gasteiger partial charge in [-0.3, -0.25) is 10.1 Å². The van der Waals surface area contributed by atoms with Gasteiger partial charge in [0, 0.05) is 24.8 Å². The van der Waals surface area contributed by atoms with E-state index in [4.69, 9.17) is 0 Å². The number of benzene rings is 1. The minimum absolute atomic E-state index is 0.106. The molecule has 8 heteroatoms. The molecule has 1 heterocycles. The molecule has 0 spiro atoms. The minimum Gasteiger partial charge on any atom is -0.380 e. The summed E-state index contributed by atoms with van der Waals surface area (Å²) in [6.45, 7) is 4.59. The molecule has 0 aliphatic heterocycles. The molecule has 0 aliphatic carbocycles. The first-order valence-corrected chi connectivity index (χ1v) is 8.36. The highest BCUT2D eigenvalue weighted by Gasteiger charge is 2.13. The molecule has 0 amide bonds. The lowest BCUT2D eigenvalue weighted by Gasteiger charge is -2.06. The van der Waals surface area contributed by atoms with Gasteiger partial charge in [-0.1, -0.05) is 24.8 Å². The number of thioether (sulfide) groups is 1. The molecular formula is C13H16N4O2S2. The fourth-order valence-electron chi connectivity index (χ4n) is 1.75. The molecule has 0 unspecified atom stereocenters. The average Bonchev–Trinajstić information content (AvgIpc) is 2.93. The van der Waals surface area contributed by atoms with E-state index in [1.165, 1.54) is 11.5 Å². The molecular weight excluding hydrogens is 308 g/mol. The van der Waals surface area contributed by atoms with Gasteiger partial charge in [0.2, 0.25) is 0 Å². The van der Waals surface area contributed by atoms with E-state index in [1.807, 2.05) is 19.9 Å². The van der Waals surface area contributed by atoms with E-state index >= 15 is 0 Å². The zero-order chi connectivity index (χ0) is 15.2. The monoisotopic (exact) mass is 324 g/mol. The summed E-state index contributed by atoms with van der Waals surface area (Å²) < 4.78 is 5.17. The molecule has 0 saturated heterocycles. The summed E-state index contributed by atoms with van der Waals surface area (Å²) in [5, 5.41) is 14.0. The van der Waals surface area contributed by atoms with Crippen LogP contribution in [0.5, 0.6) is 0 Å². The van der Waals surface area contributed by atoms with Crippen LogP contribution in [-0.4, -0.2) is 20.8 Å². The minimum atomic E-state index is -0.368. The van der Waals surface area contributed by atoms with Gasteiger partial charge in [-0.15, -0.1) is 0 Å². The number of hydrogen-bond donors (Lipinski definition) is 1. The fourth-order valence-corrected chi connectivity index (χ4v) is 3.39. The Hall–Kier alpha value is -1.67. The Kier molecular flexibility index (Phi) is 5.51. The van der Waals surface area contributed by atoms with E-state index in [2.05, 4.69) is 14.7 Å². The number of anilines is 1. The second-order valence-corrected chi connectivity index (χ2v) is 6.23. The molecule has 112 valence electrons. The van der Waals surface area contributed by atoms with Gasteiger partial charge in [0.05, 0.1) is 4.92 Å². The molecule has 0 bridgehead atoms. The third-order valence-corrected chi connectivity index (χ3v) is 4.70. The van der Waals surface area contributed by atoms with Crippen molar-refractivity contribution in [3.05, 3.63) is 39.7 Å². The first-order valence-electron chi connectivity index (χ1n) is 6.60. The van der Waals surface area contributed by atoms with Crippen LogP contribution in [0.25, 0.3) is 0 Å².